The number of nitrogens with zero attached hydrogens (tertiary/aromatic N) is 2. The maximum absolute atomic E-state index is 5.52. The number of aromatic nitrogens is 2. The summed E-state index contributed by atoms with van der Waals surface area (Å²) < 4.78 is 7.63. The highest BCUT2D eigenvalue weighted by molar-refractivity contribution is 7.99. The van der Waals surface area contributed by atoms with E-state index in [-0.39, 0.29) is 0 Å². The quantitative estimate of drug-likeness (QED) is 0.839. The molecule has 114 valence electrons. The van der Waals surface area contributed by atoms with E-state index in [0.717, 1.165) is 24.6 Å². The molecule has 1 saturated heterocycles. The largest absolute Gasteiger partial charge is 0.493 e. The zero-order valence-electron chi connectivity index (χ0n) is 12.9. The molecule has 0 bridgehead atoms. The average Bonchev–Trinajstić information content (AvgIpc) is 2.89. The molecule has 0 aliphatic carbocycles. The maximum atomic E-state index is 5.52. The third-order valence-electron chi connectivity index (χ3n) is 4.09. The Bertz CT molecular complexity index is 402. The van der Waals surface area contributed by atoms with E-state index in [1.54, 1.807) is 7.11 Å². The fourth-order valence-corrected chi connectivity index (χ4v) is 4.16. The maximum Gasteiger partial charge on any atom is 0.161 e. The average molecular weight is 297 g/mol. The van der Waals surface area contributed by atoms with Gasteiger partial charge < -0.3 is 10.1 Å². The molecule has 5 heteroatoms. The molecule has 4 nitrogen and oxygen atoms in total. The predicted octanol–water partition coefficient (Wildman–Crippen LogP) is 3.10. The highest BCUT2D eigenvalue weighted by Gasteiger charge is 2.25. The summed E-state index contributed by atoms with van der Waals surface area (Å²) in [5.41, 5.74) is 1.22. The van der Waals surface area contributed by atoms with E-state index >= 15 is 0 Å². The number of hydrogen-bond acceptors (Lipinski definition) is 4. The van der Waals surface area contributed by atoms with Gasteiger partial charge in [0.25, 0.3) is 0 Å². The Balaban J connectivity index is 2.14. The summed E-state index contributed by atoms with van der Waals surface area (Å²) in [6, 6.07) is 0.340. The summed E-state index contributed by atoms with van der Waals surface area (Å²) in [4.78, 5) is 0. The molecular weight excluding hydrogens is 270 g/mol. The van der Waals surface area contributed by atoms with Crippen molar-refractivity contribution in [3.05, 3.63) is 11.9 Å². The van der Waals surface area contributed by atoms with Crippen molar-refractivity contribution in [1.29, 1.82) is 0 Å². The molecule has 2 rings (SSSR count). The predicted molar refractivity (Wildman–Crippen MR) is 85.5 cm³/mol. The molecule has 1 fully saturated rings. The van der Waals surface area contributed by atoms with E-state index in [1.165, 1.54) is 36.5 Å². The summed E-state index contributed by atoms with van der Waals surface area (Å²) in [7, 11) is 3.78. The molecule has 1 aliphatic heterocycles. The Morgan fingerprint density at radius 1 is 1.50 bits per heavy atom. The lowest BCUT2D eigenvalue weighted by Crippen LogP contribution is -2.25. The van der Waals surface area contributed by atoms with Crippen LogP contribution in [-0.2, 0) is 6.54 Å². The van der Waals surface area contributed by atoms with Crippen LogP contribution in [0.1, 0.15) is 44.3 Å². The van der Waals surface area contributed by atoms with Gasteiger partial charge in [0, 0.05) is 6.54 Å². The topological polar surface area (TPSA) is 39.1 Å². The Kier molecular flexibility index (Phi) is 6.23. The molecule has 0 aromatic carbocycles. The first-order valence-corrected chi connectivity index (χ1v) is 8.80. The normalized spacial score (nSPS) is 18.1. The van der Waals surface area contributed by atoms with Crippen LogP contribution < -0.4 is 10.1 Å². The summed E-state index contributed by atoms with van der Waals surface area (Å²) in [6.45, 7) is 3.14. The van der Waals surface area contributed by atoms with Crippen LogP contribution in [0.15, 0.2) is 6.20 Å². The first kappa shape index (κ1) is 15.7. The van der Waals surface area contributed by atoms with Gasteiger partial charge >= 0.3 is 0 Å². The van der Waals surface area contributed by atoms with E-state index in [1.807, 2.05) is 13.2 Å². The van der Waals surface area contributed by atoms with Crippen LogP contribution in [0.5, 0.6) is 5.75 Å². The Hall–Kier alpha value is -0.680. The van der Waals surface area contributed by atoms with Gasteiger partial charge in [-0.15, -0.1) is 0 Å². The molecule has 0 amide bonds. The molecule has 1 unspecified atom stereocenters. The van der Waals surface area contributed by atoms with Crippen molar-refractivity contribution in [3.8, 4) is 5.75 Å². The molecule has 1 aliphatic rings. The molecule has 2 heterocycles. The number of thioether (sulfide) groups is 1. The molecule has 0 radical (unpaired) electrons. The van der Waals surface area contributed by atoms with E-state index in [9.17, 15) is 0 Å². The fraction of sp³-hybridized carbons (Fsp3) is 0.800. The van der Waals surface area contributed by atoms with Gasteiger partial charge in [0.2, 0.25) is 0 Å². The van der Waals surface area contributed by atoms with Crippen LogP contribution in [0.4, 0.5) is 0 Å². The fourth-order valence-electron chi connectivity index (χ4n) is 2.96. The van der Waals surface area contributed by atoms with Crippen LogP contribution >= 0.6 is 11.8 Å². The van der Waals surface area contributed by atoms with E-state index in [2.05, 4.69) is 33.8 Å². The monoisotopic (exact) mass is 297 g/mol. The number of rotatable bonds is 7. The third-order valence-corrected chi connectivity index (χ3v) is 5.14. The minimum atomic E-state index is 0.340. The SMILES string of the molecule is CCCn1ncc(OC)c1C(CC1CCSCC1)NC. The smallest absolute Gasteiger partial charge is 0.161 e. The third kappa shape index (κ3) is 3.70. The number of methoxy groups -OCH3 is 1. The van der Waals surface area contributed by atoms with Crippen molar-refractivity contribution >= 4 is 11.8 Å². The second-order valence-corrected chi connectivity index (χ2v) is 6.68. The van der Waals surface area contributed by atoms with Gasteiger partial charge in [-0.2, -0.15) is 16.9 Å². The minimum absolute atomic E-state index is 0.340. The molecule has 1 atom stereocenters. The highest BCUT2D eigenvalue weighted by atomic mass is 32.2. The van der Waals surface area contributed by atoms with Gasteiger partial charge in [0.05, 0.1) is 25.0 Å². The number of aryl methyl sites for hydroxylation is 1. The minimum Gasteiger partial charge on any atom is -0.493 e. The summed E-state index contributed by atoms with van der Waals surface area (Å²) >= 11 is 2.09. The number of nitrogens with one attached hydrogen (secondary N) is 1. The summed E-state index contributed by atoms with van der Waals surface area (Å²) in [5, 5.41) is 7.96. The van der Waals surface area contributed by atoms with Gasteiger partial charge in [0.1, 0.15) is 0 Å². The van der Waals surface area contributed by atoms with Crippen LogP contribution in [0.25, 0.3) is 0 Å². The second-order valence-electron chi connectivity index (χ2n) is 5.45. The molecule has 1 aromatic heterocycles. The summed E-state index contributed by atoms with van der Waals surface area (Å²) in [6.07, 6.45) is 6.81. The first-order valence-electron chi connectivity index (χ1n) is 7.64. The Morgan fingerprint density at radius 2 is 2.25 bits per heavy atom. The molecule has 20 heavy (non-hydrogen) atoms. The molecular formula is C15H27N3OS. The van der Waals surface area contributed by atoms with Crippen LogP contribution in [0, 0.1) is 5.92 Å². The zero-order valence-corrected chi connectivity index (χ0v) is 13.7. The lowest BCUT2D eigenvalue weighted by Gasteiger charge is -2.27. The first-order chi connectivity index (χ1) is 9.80. The highest BCUT2D eigenvalue weighted by Crippen LogP contribution is 2.34. The molecule has 1 N–H and O–H groups in total. The zero-order chi connectivity index (χ0) is 14.4. The Morgan fingerprint density at radius 3 is 2.85 bits per heavy atom. The van der Waals surface area contributed by atoms with Crippen molar-refractivity contribution in [2.75, 3.05) is 25.7 Å². The van der Waals surface area contributed by atoms with Crippen LogP contribution in [-0.4, -0.2) is 35.4 Å². The van der Waals surface area contributed by atoms with Crippen LogP contribution in [0.2, 0.25) is 0 Å². The van der Waals surface area contributed by atoms with Crippen molar-refractivity contribution in [2.24, 2.45) is 5.92 Å². The van der Waals surface area contributed by atoms with E-state index in [4.69, 9.17) is 4.74 Å². The molecule has 0 spiro atoms. The van der Waals surface area contributed by atoms with Crippen LogP contribution in [0.3, 0.4) is 0 Å². The van der Waals surface area contributed by atoms with E-state index in [0.29, 0.717) is 6.04 Å². The van der Waals surface area contributed by atoms with Crippen molar-refractivity contribution < 1.29 is 4.74 Å². The summed E-state index contributed by atoms with van der Waals surface area (Å²) in [5.74, 6) is 4.37. The van der Waals surface area contributed by atoms with Crippen molar-refractivity contribution in [3.63, 3.8) is 0 Å². The van der Waals surface area contributed by atoms with E-state index < -0.39 is 0 Å². The number of hydrogen-bond donors (Lipinski definition) is 1. The standard InChI is InChI=1S/C15H27N3OS/c1-4-7-18-15(14(19-3)11-17-18)13(16-2)10-12-5-8-20-9-6-12/h11-13,16H,4-10H2,1-3H3. The molecule has 1 aromatic rings. The van der Waals surface area contributed by atoms with Gasteiger partial charge in [0.15, 0.2) is 5.75 Å². The van der Waals surface area contributed by atoms with Gasteiger partial charge in [-0.1, -0.05) is 6.92 Å². The van der Waals surface area contributed by atoms with Gasteiger partial charge in [-0.25, -0.2) is 0 Å². The Labute approximate surface area is 126 Å². The molecule has 0 saturated carbocycles. The van der Waals surface area contributed by atoms with Crippen molar-refractivity contribution in [2.45, 2.75) is 45.2 Å². The van der Waals surface area contributed by atoms with Gasteiger partial charge in [-0.3, -0.25) is 4.68 Å². The lowest BCUT2D eigenvalue weighted by atomic mass is 9.92. The second kappa shape index (κ2) is 7.93. The lowest BCUT2D eigenvalue weighted by molar-refractivity contribution is 0.348. The number of ether oxygens (including phenoxy) is 1. The van der Waals surface area contributed by atoms with Crippen molar-refractivity contribution in [1.82, 2.24) is 15.1 Å². The van der Waals surface area contributed by atoms with Gasteiger partial charge in [-0.05, 0) is 50.2 Å².